The molecule has 0 aliphatic rings. The minimum absolute atomic E-state index is 0.791. The van der Waals surface area contributed by atoms with Gasteiger partial charge in [0.05, 0.1) is 6.61 Å². The first-order valence-corrected chi connectivity index (χ1v) is 9.54. The molecule has 0 atom stereocenters. The normalized spacial score (nSPS) is 10.5. The minimum atomic E-state index is 0.791. The van der Waals surface area contributed by atoms with E-state index in [1.165, 1.54) is 19.3 Å². The second-order valence-corrected chi connectivity index (χ2v) is 6.61. The minimum Gasteiger partial charge on any atom is -0.494 e. The highest BCUT2D eigenvalue weighted by molar-refractivity contribution is 6.31. The van der Waals surface area contributed by atoms with Crippen molar-refractivity contribution < 1.29 is 4.74 Å². The largest absolute Gasteiger partial charge is 0.494 e. The summed E-state index contributed by atoms with van der Waals surface area (Å²) in [5, 5.41) is 7.63. The SMILES string of the molecule is CCCCCCOc1cccc(NCCNc2cccc(Cl)c2C)c1. The maximum Gasteiger partial charge on any atom is 0.121 e. The molecule has 0 aromatic heterocycles. The smallest absolute Gasteiger partial charge is 0.121 e. The van der Waals surface area contributed by atoms with Gasteiger partial charge >= 0.3 is 0 Å². The summed E-state index contributed by atoms with van der Waals surface area (Å²) >= 11 is 6.14. The van der Waals surface area contributed by atoms with Crippen LogP contribution in [0.25, 0.3) is 0 Å². The fourth-order valence-electron chi connectivity index (χ4n) is 2.62. The number of halogens is 1. The molecule has 0 unspecified atom stereocenters. The Bertz CT molecular complexity index is 646. The highest BCUT2D eigenvalue weighted by atomic mass is 35.5. The van der Waals surface area contributed by atoms with Crippen LogP contribution in [-0.2, 0) is 0 Å². The molecular weight excluding hydrogens is 332 g/mol. The molecule has 2 N–H and O–H groups in total. The Hall–Kier alpha value is -1.87. The van der Waals surface area contributed by atoms with Gasteiger partial charge in [0.15, 0.2) is 0 Å². The summed E-state index contributed by atoms with van der Waals surface area (Å²) in [4.78, 5) is 0. The number of ether oxygens (including phenoxy) is 1. The first-order valence-electron chi connectivity index (χ1n) is 9.16. The number of rotatable bonds is 11. The second kappa shape index (κ2) is 10.9. The lowest BCUT2D eigenvalue weighted by Gasteiger charge is -2.12. The number of unbranched alkanes of at least 4 members (excludes halogenated alkanes) is 3. The molecule has 0 saturated heterocycles. The van der Waals surface area contributed by atoms with Gasteiger partial charge in [-0.2, -0.15) is 0 Å². The predicted molar refractivity (Wildman–Crippen MR) is 109 cm³/mol. The Labute approximate surface area is 156 Å². The van der Waals surface area contributed by atoms with Crippen molar-refractivity contribution in [3.8, 4) is 5.75 Å². The molecule has 0 radical (unpaired) electrons. The van der Waals surface area contributed by atoms with E-state index in [1.807, 2.05) is 37.3 Å². The summed E-state index contributed by atoms with van der Waals surface area (Å²) in [6.45, 7) is 6.69. The molecule has 0 spiro atoms. The van der Waals surface area contributed by atoms with Crippen molar-refractivity contribution in [2.45, 2.75) is 39.5 Å². The monoisotopic (exact) mass is 360 g/mol. The van der Waals surface area contributed by atoms with E-state index in [0.717, 1.165) is 53.8 Å². The second-order valence-electron chi connectivity index (χ2n) is 6.20. The first kappa shape index (κ1) is 19.5. The maximum absolute atomic E-state index is 6.14. The van der Waals surface area contributed by atoms with E-state index < -0.39 is 0 Å². The van der Waals surface area contributed by atoms with Gasteiger partial charge < -0.3 is 15.4 Å². The van der Waals surface area contributed by atoms with E-state index in [-0.39, 0.29) is 0 Å². The number of hydrogen-bond donors (Lipinski definition) is 2. The van der Waals surface area contributed by atoms with Gasteiger partial charge in [-0.15, -0.1) is 0 Å². The summed E-state index contributed by atoms with van der Waals surface area (Å²) in [7, 11) is 0. The number of nitrogens with one attached hydrogen (secondary N) is 2. The molecule has 2 rings (SSSR count). The standard InChI is InChI=1S/C21H29ClN2O/c1-3-4-5-6-15-25-19-10-7-9-18(16-19)23-13-14-24-21-12-8-11-20(22)17(21)2/h7-12,16,23-24H,3-6,13-15H2,1-2H3. The molecule has 0 aliphatic carbocycles. The summed E-state index contributed by atoms with van der Waals surface area (Å²) in [6.07, 6.45) is 4.89. The number of anilines is 2. The van der Waals surface area contributed by atoms with Crippen LogP contribution in [0.1, 0.15) is 38.2 Å². The third kappa shape index (κ3) is 6.87. The Morgan fingerprint density at radius 2 is 1.76 bits per heavy atom. The van der Waals surface area contributed by atoms with Gasteiger partial charge in [-0.05, 0) is 43.2 Å². The number of benzene rings is 2. The average Bonchev–Trinajstić information content (AvgIpc) is 2.62. The van der Waals surface area contributed by atoms with Gasteiger partial charge in [-0.25, -0.2) is 0 Å². The zero-order chi connectivity index (χ0) is 17.9. The van der Waals surface area contributed by atoms with Crippen LogP contribution in [0, 0.1) is 6.92 Å². The Morgan fingerprint density at radius 3 is 2.60 bits per heavy atom. The molecule has 0 heterocycles. The lowest BCUT2D eigenvalue weighted by molar-refractivity contribution is 0.305. The van der Waals surface area contributed by atoms with Crippen LogP contribution in [-0.4, -0.2) is 19.7 Å². The molecule has 0 amide bonds. The quantitative estimate of drug-likeness (QED) is 0.473. The molecule has 0 fully saturated rings. The van der Waals surface area contributed by atoms with E-state index in [0.29, 0.717) is 0 Å². The fraction of sp³-hybridized carbons (Fsp3) is 0.429. The van der Waals surface area contributed by atoms with Crippen LogP contribution in [0.3, 0.4) is 0 Å². The van der Waals surface area contributed by atoms with E-state index >= 15 is 0 Å². The van der Waals surface area contributed by atoms with Gasteiger partial charge in [-0.3, -0.25) is 0 Å². The lowest BCUT2D eigenvalue weighted by atomic mass is 10.2. The fourth-order valence-corrected chi connectivity index (χ4v) is 2.79. The molecule has 25 heavy (non-hydrogen) atoms. The Kier molecular flexibility index (Phi) is 8.47. The summed E-state index contributed by atoms with van der Waals surface area (Å²) in [5.74, 6) is 0.931. The summed E-state index contributed by atoms with van der Waals surface area (Å²) < 4.78 is 5.83. The highest BCUT2D eigenvalue weighted by Gasteiger charge is 2.01. The third-order valence-electron chi connectivity index (χ3n) is 4.14. The van der Waals surface area contributed by atoms with Crippen LogP contribution in [0.15, 0.2) is 42.5 Å². The molecule has 3 nitrogen and oxygen atoms in total. The van der Waals surface area contributed by atoms with Gasteiger partial charge in [0.25, 0.3) is 0 Å². The summed E-state index contributed by atoms with van der Waals surface area (Å²) in [6, 6.07) is 14.1. The summed E-state index contributed by atoms with van der Waals surface area (Å²) in [5.41, 5.74) is 3.25. The average molecular weight is 361 g/mol. The molecule has 0 bridgehead atoms. The van der Waals surface area contributed by atoms with Crippen molar-refractivity contribution in [2.75, 3.05) is 30.3 Å². The molecule has 0 saturated carbocycles. The van der Waals surface area contributed by atoms with E-state index in [1.54, 1.807) is 0 Å². The molecule has 4 heteroatoms. The van der Waals surface area contributed by atoms with Gasteiger partial charge in [0.1, 0.15) is 5.75 Å². The van der Waals surface area contributed by atoms with Crippen LogP contribution in [0.2, 0.25) is 5.02 Å². The highest BCUT2D eigenvalue weighted by Crippen LogP contribution is 2.22. The van der Waals surface area contributed by atoms with E-state index in [4.69, 9.17) is 16.3 Å². The van der Waals surface area contributed by atoms with E-state index in [9.17, 15) is 0 Å². The zero-order valence-corrected chi connectivity index (χ0v) is 16.0. The van der Waals surface area contributed by atoms with Crippen molar-refractivity contribution in [2.24, 2.45) is 0 Å². The Morgan fingerprint density at radius 1 is 0.960 bits per heavy atom. The molecule has 136 valence electrons. The van der Waals surface area contributed by atoms with E-state index in [2.05, 4.69) is 29.7 Å². The topological polar surface area (TPSA) is 33.3 Å². The lowest BCUT2D eigenvalue weighted by Crippen LogP contribution is -2.14. The maximum atomic E-state index is 6.14. The van der Waals surface area contributed by atoms with Crippen molar-refractivity contribution in [3.63, 3.8) is 0 Å². The molecule has 0 aliphatic heterocycles. The third-order valence-corrected chi connectivity index (χ3v) is 4.55. The molecule has 2 aromatic rings. The molecule has 2 aromatic carbocycles. The number of hydrogen-bond acceptors (Lipinski definition) is 3. The van der Waals surface area contributed by atoms with Gasteiger partial charge in [-0.1, -0.05) is 49.9 Å². The van der Waals surface area contributed by atoms with Gasteiger partial charge in [0, 0.05) is 35.6 Å². The van der Waals surface area contributed by atoms with Crippen LogP contribution in [0.5, 0.6) is 5.75 Å². The van der Waals surface area contributed by atoms with Crippen LogP contribution < -0.4 is 15.4 Å². The molecular formula is C21H29ClN2O. The first-order chi connectivity index (χ1) is 12.2. The van der Waals surface area contributed by atoms with Crippen LogP contribution in [0.4, 0.5) is 11.4 Å². The van der Waals surface area contributed by atoms with Crippen molar-refractivity contribution in [3.05, 3.63) is 53.1 Å². The predicted octanol–water partition coefficient (Wildman–Crippen LogP) is 6.13. The van der Waals surface area contributed by atoms with Crippen LogP contribution >= 0.6 is 11.6 Å². The Balaban J connectivity index is 1.72. The van der Waals surface area contributed by atoms with Crippen molar-refractivity contribution in [1.82, 2.24) is 0 Å². The van der Waals surface area contributed by atoms with Crippen molar-refractivity contribution >= 4 is 23.0 Å². The zero-order valence-electron chi connectivity index (χ0n) is 15.3. The van der Waals surface area contributed by atoms with Crippen molar-refractivity contribution in [1.29, 1.82) is 0 Å². The van der Waals surface area contributed by atoms with Gasteiger partial charge in [0.2, 0.25) is 0 Å².